The van der Waals surface area contributed by atoms with Gasteiger partial charge in [-0.15, -0.1) is 24.0 Å². The standard InChI is InChI=1S/C23H31N5O.HI/c1-17-13-21(16-28(17)15-19-7-5-4-6-8-19)27-23(25-3)26-14-18-9-11-20(12-10-18)22(29)24-2;/h4-12,17,21H,13-16H2,1-3H3,(H,24,29)(H2,25,26,27);1H. The number of nitrogens with zero attached hydrogens (tertiary/aromatic N) is 2. The summed E-state index contributed by atoms with van der Waals surface area (Å²) in [4.78, 5) is 18.5. The van der Waals surface area contributed by atoms with Gasteiger partial charge in [-0.1, -0.05) is 42.5 Å². The molecule has 2 aromatic carbocycles. The van der Waals surface area contributed by atoms with E-state index in [-0.39, 0.29) is 29.9 Å². The van der Waals surface area contributed by atoms with Crippen molar-refractivity contribution >= 4 is 35.8 Å². The predicted octanol–water partition coefficient (Wildman–Crippen LogP) is 2.99. The SMILES string of the molecule is CN=C(NCc1ccc(C(=O)NC)cc1)NC1CC(C)N(Cc2ccccc2)C1.I. The van der Waals surface area contributed by atoms with Crippen molar-refractivity contribution in [2.45, 2.75) is 38.5 Å². The lowest BCUT2D eigenvalue weighted by Gasteiger charge is -2.21. The zero-order valence-electron chi connectivity index (χ0n) is 17.9. The molecule has 162 valence electrons. The predicted molar refractivity (Wildman–Crippen MR) is 133 cm³/mol. The second-order valence-corrected chi connectivity index (χ2v) is 7.54. The Morgan fingerprint density at radius 1 is 1.10 bits per heavy atom. The van der Waals surface area contributed by atoms with E-state index in [1.807, 2.05) is 24.3 Å². The van der Waals surface area contributed by atoms with Crippen LogP contribution in [0.2, 0.25) is 0 Å². The number of likely N-dealkylation sites (tertiary alicyclic amines) is 1. The van der Waals surface area contributed by atoms with Crippen LogP contribution in [0.15, 0.2) is 59.6 Å². The molecule has 2 unspecified atom stereocenters. The second-order valence-electron chi connectivity index (χ2n) is 7.54. The lowest BCUT2D eigenvalue weighted by molar-refractivity contribution is 0.0963. The highest BCUT2D eigenvalue weighted by molar-refractivity contribution is 14.0. The molecular weight excluding hydrogens is 489 g/mol. The average Bonchev–Trinajstić information content (AvgIpc) is 3.10. The number of benzene rings is 2. The van der Waals surface area contributed by atoms with E-state index in [4.69, 9.17) is 0 Å². The number of halogens is 1. The maximum absolute atomic E-state index is 11.6. The van der Waals surface area contributed by atoms with Crippen LogP contribution in [-0.4, -0.2) is 49.5 Å². The molecule has 0 radical (unpaired) electrons. The summed E-state index contributed by atoms with van der Waals surface area (Å²) in [5.74, 6) is 0.733. The van der Waals surface area contributed by atoms with Gasteiger partial charge in [-0.3, -0.25) is 14.7 Å². The van der Waals surface area contributed by atoms with E-state index in [0.717, 1.165) is 31.0 Å². The first-order valence-corrected chi connectivity index (χ1v) is 10.1. The molecule has 7 heteroatoms. The average molecular weight is 521 g/mol. The monoisotopic (exact) mass is 521 g/mol. The van der Waals surface area contributed by atoms with Crippen LogP contribution in [0.25, 0.3) is 0 Å². The molecule has 1 amide bonds. The van der Waals surface area contributed by atoms with E-state index >= 15 is 0 Å². The number of guanidine groups is 1. The molecule has 1 fully saturated rings. The highest BCUT2D eigenvalue weighted by Gasteiger charge is 2.29. The molecule has 1 heterocycles. The topological polar surface area (TPSA) is 68.8 Å². The number of hydrogen-bond acceptors (Lipinski definition) is 3. The third kappa shape index (κ3) is 6.70. The molecule has 3 N–H and O–H groups in total. The van der Waals surface area contributed by atoms with Gasteiger partial charge in [0.15, 0.2) is 5.96 Å². The van der Waals surface area contributed by atoms with Crippen molar-refractivity contribution in [2.75, 3.05) is 20.6 Å². The van der Waals surface area contributed by atoms with Crippen LogP contribution in [0.5, 0.6) is 0 Å². The minimum Gasteiger partial charge on any atom is -0.355 e. The summed E-state index contributed by atoms with van der Waals surface area (Å²) in [6.07, 6.45) is 1.09. The van der Waals surface area contributed by atoms with Gasteiger partial charge in [-0.2, -0.15) is 0 Å². The first-order chi connectivity index (χ1) is 14.1. The Labute approximate surface area is 196 Å². The lowest BCUT2D eigenvalue weighted by atomic mass is 10.1. The maximum Gasteiger partial charge on any atom is 0.251 e. The molecule has 0 aliphatic carbocycles. The van der Waals surface area contributed by atoms with E-state index in [1.54, 1.807) is 14.1 Å². The van der Waals surface area contributed by atoms with E-state index in [0.29, 0.717) is 24.2 Å². The maximum atomic E-state index is 11.6. The Bertz CT molecular complexity index is 825. The zero-order valence-corrected chi connectivity index (χ0v) is 20.2. The van der Waals surface area contributed by atoms with Crippen LogP contribution in [-0.2, 0) is 13.1 Å². The molecule has 2 atom stereocenters. The molecule has 1 aliphatic rings. The normalized spacial score (nSPS) is 19.1. The summed E-state index contributed by atoms with van der Waals surface area (Å²) in [7, 11) is 3.43. The largest absolute Gasteiger partial charge is 0.355 e. The number of carbonyl (C=O) groups excluding carboxylic acids is 1. The summed E-state index contributed by atoms with van der Waals surface area (Å²) in [5.41, 5.74) is 3.12. The van der Waals surface area contributed by atoms with E-state index < -0.39 is 0 Å². The van der Waals surface area contributed by atoms with Crippen LogP contribution < -0.4 is 16.0 Å². The van der Waals surface area contributed by atoms with Crippen LogP contribution in [0.4, 0.5) is 0 Å². The molecular formula is C23H32IN5O. The first kappa shape index (κ1) is 24.1. The van der Waals surface area contributed by atoms with Gasteiger partial charge in [0.05, 0.1) is 0 Å². The third-order valence-electron chi connectivity index (χ3n) is 5.40. The summed E-state index contributed by atoms with van der Waals surface area (Å²) in [5, 5.41) is 9.56. The number of aliphatic imine (C=N–C) groups is 1. The summed E-state index contributed by atoms with van der Waals surface area (Å²) >= 11 is 0. The van der Waals surface area contributed by atoms with Crippen molar-refractivity contribution in [3.63, 3.8) is 0 Å². The highest BCUT2D eigenvalue weighted by atomic mass is 127. The number of rotatable bonds is 6. The van der Waals surface area contributed by atoms with Crippen molar-refractivity contribution in [1.29, 1.82) is 0 Å². The Morgan fingerprint density at radius 3 is 2.43 bits per heavy atom. The highest BCUT2D eigenvalue weighted by Crippen LogP contribution is 2.20. The lowest BCUT2D eigenvalue weighted by Crippen LogP contribution is -2.44. The molecule has 6 nitrogen and oxygen atoms in total. The van der Waals surface area contributed by atoms with Crippen molar-refractivity contribution in [3.05, 3.63) is 71.3 Å². The Kier molecular flexibility index (Phi) is 9.58. The van der Waals surface area contributed by atoms with Crippen molar-refractivity contribution in [2.24, 2.45) is 4.99 Å². The van der Waals surface area contributed by atoms with Gasteiger partial charge in [0.25, 0.3) is 5.91 Å². The van der Waals surface area contributed by atoms with Gasteiger partial charge in [0.1, 0.15) is 0 Å². The molecule has 0 aromatic heterocycles. The molecule has 0 saturated carbocycles. The summed E-state index contributed by atoms with van der Waals surface area (Å²) in [6.45, 7) is 4.92. The number of nitrogens with one attached hydrogen (secondary N) is 3. The van der Waals surface area contributed by atoms with Gasteiger partial charge >= 0.3 is 0 Å². The van der Waals surface area contributed by atoms with E-state index in [2.05, 4.69) is 63.1 Å². The fourth-order valence-corrected chi connectivity index (χ4v) is 3.73. The molecule has 0 bridgehead atoms. The smallest absolute Gasteiger partial charge is 0.251 e. The molecule has 0 spiro atoms. The number of amides is 1. The quantitative estimate of drug-likeness (QED) is 0.311. The first-order valence-electron chi connectivity index (χ1n) is 10.1. The molecule has 30 heavy (non-hydrogen) atoms. The van der Waals surface area contributed by atoms with Gasteiger partial charge in [-0.25, -0.2) is 0 Å². The van der Waals surface area contributed by atoms with Crippen molar-refractivity contribution < 1.29 is 4.79 Å². The second kappa shape index (κ2) is 11.9. The fraction of sp³-hybridized carbons (Fsp3) is 0.391. The summed E-state index contributed by atoms with van der Waals surface area (Å²) < 4.78 is 0. The van der Waals surface area contributed by atoms with Gasteiger partial charge < -0.3 is 16.0 Å². The molecule has 2 aromatic rings. The van der Waals surface area contributed by atoms with Crippen LogP contribution >= 0.6 is 24.0 Å². The van der Waals surface area contributed by atoms with Crippen LogP contribution in [0.1, 0.15) is 34.8 Å². The Balaban J connectivity index is 0.00000320. The minimum absolute atomic E-state index is 0. The van der Waals surface area contributed by atoms with E-state index in [9.17, 15) is 4.79 Å². The minimum atomic E-state index is -0.0719. The number of carbonyl (C=O) groups is 1. The molecule has 3 rings (SSSR count). The van der Waals surface area contributed by atoms with Gasteiger partial charge in [0, 0.05) is 51.4 Å². The van der Waals surface area contributed by atoms with Gasteiger partial charge in [-0.05, 0) is 36.6 Å². The van der Waals surface area contributed by atoms with Crippen LogP contribution in [0.3, 0.4) is 0 Å². The van der Waals surface area contributed by atoms with Crippen molar-refractivity contribution in [3.8, 4) is 0 Å². The fourth-order valence-electron chi connectivity index (χ4n) is 3.73. The zero-order chi connectivity index (χ0) is 20.6. The summed E-state index contributed by atoms with van der Waals surface area (Å²) in [6, 6.07) is 19.1. The van der Waals surface area contributed by atoms with Crippen LogP contribution in [0, 0.1) is 0 Å². The third-order valence-corrected chi connectivity index (χ3v) is 5.40. The van der Waals surface area contributed by atoms with Gasteiger partial charge in [0.2, 0.25) is 0 Å². The van der Waals surface area contributed by atoms with E-state index in [1.165, 1.54) is 5.56 Å². The molecule has 1 aliphatic heterocycles. The molecule has 1 saturated heterocycles. The Hall–Kier alpha value is -2.13. The van der Waals surface area contributed by atoms with Crippen molar-refractivity contribution in [1.82, 2.24) is 20.9 Å². The Morgan fingerprint density at radius 2 is 1.80 bits per heavy atom. The number of hydrogen-bond donors (Lipinski definition) is 3.